The Bertz CT molecular complexity index is 1000. The van der Waals surface area contributed by atoms with Gasteiger partial charge in [0.2, 0.25) is 11.6 Å². The minimum absolute atomic E-state index is 0.127. The van der Waals surface area contributed by atoms with Gasteiger partial charge in [-0.2, -0.15) is 0 Å². The molecule has 1 saturated heterocycles. The SMILES string of the molecule is COc1ccc(NC(=O)[C@]23CCC(=O)N2c2ccccc2C(=O)N3CC(C)C)cc1. The number of para-hydroxylation sites is 1. The molecule has 2 aliphatic rings. The quantitative estimate of drug-likeness (QED) is 0.825. The van der Waals surface area contributed by atoms with Crippen molar-refractivity contribution in [3.8, 4) is 5.75 Å². The highest BCUT2D eigenvalue weighted by atomic mass is 16.5. The molecule has 2 heterocycles. The number of hydrogen-bond acceptors (Lipinski definition) is 4. The number of anilines is 2. The highest BCUT2D eigenvalue weighted by Gasteiger charge is 2.60. The Morgan fingerprint density at radius 3 is 2.50 bits per heavy atom. The van der Waals surface area contributed by atoms with E-state index in [2.05, 4.69) is 5.32 Å². The molecule has 1 atom stereocenters. The number of carbonyl (C=O) groups is 3. The zero-order valence-corrected chi connectivity index (χ0v) is 17.3. The van der Waals surface area contributed by atoms with Crippen molar-refractivity contribution in [3.63, 3.8) is 0 Å². The third kappa shape index (κ3) is 3.01. The van der Waals surface area contributed by atoms with E-state index in [1.165, 1.54) is 4.90 Å². The standard InChI is InChI=1S/C23H25N3O4/c1-15(2)14-25-21(28)18-6-4-5-7-19(18)26-20(27)12-13-23(25,26)22(29)24-16-8-10-17(30-3)11-9-16/h4-11,15H,12-14H2,1-3H3,(H,24,29)/t23-/m0/s1. The Morgan fingerprint density at radius 1 is 1.13 bits per heavy atom. The van der Waals surface area contributed by atoms with Gasteiger partial charge in [0, 0.05) is 25.1 Å². The average molecular weight is 407 g/mol. The molecule has 2 aromatic carbocycles. The third-order valence-corrected chi connectivity index (χ3v) is 5.63. The molecule has 0 saturated carbocycles. The molecule has 0 bridgehead atoms. The van der Waals surface area contributed by atoms with Crippen LogP contribution in [0.15, 0.2) is 48.5 Å². The van der Waals surface area contributed by atoms with Crippen LogP contribution in [-0.2, 0) is 9.59 Å². The van der Waals surface area contributed by atoms with Crippen LogP contribution in [0.5, 0.6) is 5.75 Å². The van der Waals surface area contributed by atoms with Gasteiger partial charge in [-0.15, -0.1) is 0 Å². The predicted octanol–water partition coefficient (Wildman–Crippen LogP) is 3.27. The molecule has 0 radical (unpaired) electrons. The van der Waals surface area contributed by atoms with E-state index >= 15 is 0 Å². The molecular weight excluding hydrogens is 382 g/mol. The summed E-state index contributed by atoms with van der Waals surface area (Å²) in [5.74, 6) is 0.0280. The second-order valence-corrected chi connectivity index (χ2v) is 8.06. The summed E-state index contributed by atoms with van der Waals surface area (Å²) in [5, 5.41) is 2.92. The summed E-state index contributed by atoms with van der Waals surface area (Å²) in [5.41, 5.74) is 0.133. The molecule has 4 rings (SSSR count). The molecule has 7 nitrogen and oxygen atoms in total. The van der Waals surface area contributed by atoms with Crippen LogP contribution in [0.25, 0.3) is 0 Å². The molecule has 0 aliphatic carbocycles. The number of hydrogen-bond donors (Lipinski definition) is 1. The molecule has 0 aromatic heterocycles. The molecule has 0 spiro atoms. The lowest BCUT2D eigenvalue weighted by Gasteiger charge is -2.49. The predicted molar refractivity (Wildman–Crippen MR) is 113 cm³/mol. The van der Waals surface area contributed by atoms with Crippen molar-refractivity contribution in [3.05, 3.63) is 54.1 Å². The van der Waals surface area contributed by atoms with Crippen molar-refractivity contribution < 1.29 is 19.1 Å². The molecular formula is C23H25N3O4. The minimum atomic E-state index is -1.38. The van der Waals surface area contributed by atoms with Crippen LogP contribution in [0.2, 0.25) is 0 Å². The first kappa shape index (κ1) is 19.9. The number of benzene rings is 2. The van der Waals surface area contributed by atoms with E-state index in [1.807, 2.05) is 13.8 Å². The molecule has 0 unspecified atom stereocenters. The van der Waals surface area contributed by atoms with Gasteiger partial charge in [0.25, 0.3) is 11.8 Å². The van der Waals surface area contributed by atoms with Gasteiger partial charge in [0.05, 0.1) is 18.4 Å². The van der Waals surface area contributed by atoms with Crippen LogP contribution >= 0.6 is 0 Å². The fourth-order valence-electron chi connectivity index (χ4n) is 4.31. The maximum absolute atomic E-state index is 13.7. The van der Waals surface area contributed by atoms with Gasteiger partial charge in [-0.1, -0.05) is 26.0 Å². The van der Waals surface area contributed by atoms with Crippen molar-refractivity contribution >= 4 is 29.1 Å². The zero-order valence-electron chi connectivity index (χ0n) is 17.3. The molecule has 1 fully saturated rings. The zero-order chi connectivity index (χ0) is 21.5. The highest BCUT2D eigenvalue weighted by Crippen LogP contribution is 2.45. The number of nitrogens with zero attached hydrogens (tertiary/aromatic N) is 2. The minimum Gasteiger partial charge on any atom is -0.497 e. The van der Waals surface area contributed by atoms with E-state index in [4.69, 9.17) is 4.74 Å². The van der Waals surface area contributed by atoms with Crippen molar-refractivity contribution in [2.24, 2.45) is 5.92 Å². The van der Waals surface area contributed by atoms with E-state index in [0.717, 1.165) is 0 Å². The summed E-state index contributed by atoms with van der Waals surface area (Å²) in [6, 6.07) is 14.0. The molecule has 2 aromatic rings. The van der Waals surface area contributed by atoms with E-state index in [9.17, 15) is 14.4 Å². The van der Waals surface area contributed by atoms with Crippen LogP contribution in [0.3, 0.4) is 0 Å². The molecule has 3 amide bonds. The lowest BCUT2D eigenvalue weighted by atomic mass is 9.94. The third-order valence-electron chi connectivity index (χ3n) is 5.63. The monoisotopic (exact) mass is 407 g/mol. The average Bonchev–Trinajstić information content (AvgIpc) is 3.10. The Balaban J connectivity index is 1.80. The van der Waals surface area contributed by atoms with Gasteiger partial charge in [-0.25, -0.2) is 0 Å². The highest BCUT2D eigenvalue weighted by molar-refractivity contribution is 6.18. The van der Waals surface area contributed by atoms with Crippen LogP contribution in [-0.4, -0.2) is 41.9 Å². The first-order valence-corrected chi connectivity index (χ1v) is 10.1. The van der Waals surface area contributed by atoms with Gasteiger partial charge < -0.3 is 15.0 Å². The molecule has 156 valence electrons. The number of ether oxygens (including phenoxy) is 1. The smallest absolute Gasteiger partial charge is 0.271 e. The summed E-state index contributed by atoms with van der Waals surface area (Å²) < 4.78 is 5.17. The van der Waals surface area contributed by atoms with Crippen molar-refractivity contribution in [1.29, 1.82) is 0 Å². The first-order chi connectivity index (χ1) is 14.4. The lowest BCUT2D eigenvalue weighted by Crippen LogP contribution is -2.69. The van der Waals surface area contributed by atoms with E-state index in [0.29, 0.717) is 29.2 Å². The largest absolute Gasteiger partial charge is 0.497 e. The summed E-state index contributed by atoms with van der Waals surface area (Å²) in [6.07, 6.45) is 0.451. The van der Waals surface area contributed by atoms with Crippen LogP contribution < -0.4 is 15.0 Å². The topological polar surface area (TPSA) is 79.0 Å². The summed E-state index contributed by atoms with van der Waals surface area (Å²) in [7, 11) is 1.57. The molecule has 2 aliphatic heterocycles. The fraction of sp³-hybridized carbons (Fsp3) is 0.348. The van der Waals surface area contributed by atoms with Gasteiger partial charge >= 0.3 is 0 Å². The second kappa shape index (κ2) is 7.48. The van der Waals surface area contributed by atoms with Crippen LogP contribution in [0.4, 0.5) is 11.4 Å². The molecule has 30 heavy (non-hydrogen) atoms. The van der Waals surface area contributed by atoms with Crippen molar-refractivity contribution in [2.75, 3.05) is 23.9 Å². The first-order valence-electron chi connectivity index (χ1n) is 10.1. The van der Waals surface area contributed by atoms with E-state index in [-0.39, 0.29) is 36.5 Å². The Kier molecular flexibility index (Phi) is 4.97. The Hall–Kier alpha value is -3.35. The second-order valence-electron chi connectivity index (χ2n) is 8.06. The van der Waals surface area contributed by atoms with E-state index < -0.39 is 5.66 Å². The Morgan fingerprint density at radius 2 is 1.83 bits per heavy atom. The number of rotatable bonds is 5. The van der Waals surface area contributed by atoms with Gasteiger partial charge in [0.15, 0.2) is 0 Å². The normalized spacial score (nSPS) is 20.3. The maximum Gasteiger partial charge on any atom is 0.271 e. The maximum atomic E-state index is 13.7. The summed E-state index contributed by atoms with van der Waals surface area (Å²) in [6.45, 7) is 4.35. The van der Waals surface area contributed by atoms with Gasteiger partial charge in [-0.3, -0.25) is 19.3 Å². The number of fused-ring (bicyclic) bond motifs is 3. The molecule has 7 heteroatoms. The van der Waals surface area contributed by atoms with Gasteiger partial charge in [0.1, 0.15) is 5.75 Å². The number of nitrogens with one attached hydrogen (secondary N) is 1. The summed E-state index contributed by atoms with van der Waals surface area (Å²) >= 11 is 0. The lowest BCUT2D eigenvalue weighted by molar-refractivity contribution is -0.129. The van der Waals surface area contributed by atoms with E-state index in [1.54, 1.807) is 60.5 Å². The number of amides is 3. The van der Waals surface area contributed by atoms with Crippen LogP contribution in [0.1, 0.15) is 37.0 Å². The number of carbonyl (C=O) groups excluding carboxylic acids is 3. The number of methoxy groups -OCH3 is 1. The van der Waals surface area contributed by atoms with Crippen molar-refractivity contribution in [2.45, 2.75) is 32.4 Å². The molecule has 1 N–H and O–H groups in total. The Labute approximate surface area is 175 Å². The fourth-order valence-corrected chi connectivity index (χ4v) is 4.31. The summed E-state index contributed by atoms with van der Waals surface area (Å²) in [4.78, 5) is 43.2. The van der Waals surface area contributed by atoms with Crippen molar-refractivity contribution in [1.82, 2.24) is 4.90 Å². The van der Waals surface area contributed by atoms with Crippen LogP contribution in [0, 0.1) is 5.92 Å². The van der Waals surface area contributed by atoms with Gasteiger partial charge in [-0.05, 0) is 42.3 Å².